The lowest BCUT2D eigenvalue weighted by Gasteiger charge is -2.23. The van der Waals surface area contributed by atoms with Crippen molar-refractivity contribution in [2.45, 2.75) is 26.7 Å². The van der Waals surface area contributed by atoms with Crippen LogP contribution in [0.15, 0.2) is 24.3 Å². The summed E-state index contributed by atoms with van der Waals surface area (Å²) in [5, 5.41) is 6.91. The molecule has 1 aliphatic rings. The number of piperidine rings is 1. The molecule has 1 unspecified atom stereocenters. The standard InChI is InChI=1S/C18H23FN4/c1-12-13(2)22-18(15-5-7-16(19)8-6-15)23-17(12)21-11-14-4-3-9-20-10-14/h5-8,14,20H,3-4,9-11H2,1-2H3,(H,21,22,23). The predicted molar refractivity (Wildman–Crippen MR) is 91.0 cm³/mol. The van der Waals surface area contributed by atoms with Crippen LogP contribution in [0.25, 0.3) is 11.4 Å². The van der Waals surface area contributed by atoms with Crippen molar-refractivity contribution < 1.29 is 4.39 Å². The minimum absolute atomic E-state index is 0.249. The molecule has 1 saturated heterocycles. The van der Waals surface area contributed by atoms with Gasteiger partial charge in [0.1, 0.15) is 11.6 Å². The van der Waals surface area contributed by atoms with Gasteiger partial charge in [-0.05, 0) is 70.0 Å². The fraction of sp³-hybridized carbons (Fsp3) is 0.444. The van der Waals surface area contributed by atoms with E-state index in [1.165, 1.54) is 25.0 Å². The molecular weight excluding hydrogens is 291 g/mol. The molecule has 23 heavy (non-hydrogen) atoms. The Morgan fingerprint density at radius 1 is 1.22 bits per heavy atom. The summed E-state index contributed by atoms with van der Waals surface area (Å²) in [5.74, 6) is 1.90. The van der Waals surface area contributed by atoms with Crippen molar-refractivity contribution in [2.75, 3.05) is 25.0 Å². The number of halogens is 1. The molecule has 0 saturated carbocycles. The molecule has 2 N–H and O–H groups in total. The number of aryl methyl sites for hydroxylation is 1. The van der Waals surface area contributed by atoms with Gasteiger partial charge in [-0.15, -0.1) is 0 Å². The normalized spacial score (nSPS) is 18.0. The Morgan fingerprint density at radius 2 is 2.00 bits per heavy atom. The van der Waals surface area contributed by atoms with E-state index >= 15 is 0 Å². The Balaban J connectivity index is 1.80. The van der Waals surface area contributed by atoms with Gasteiger partial charge in [-0.2, -0.15) is 0 Å². The van der Waals surface area contributed by atoms with Gasteiger partial charge in [0, 0.05) is 23.4 Å². The van der Waals surface area contributed by atoms with E-state index in [1.54, 1.807) is 12.1 Å². The first-order chi connectivity index (χ1) is 11.1. The van der Waals surface area contributed by atoms with Crippen molar-refractivity contribution in [1.82, 2.24) is 15.3 Å². The van der Waals surface area contributed by atoms with Gasteiger partial charge in [-0.1, -0.05) is 0 Å². The average molecular weight is 314 g/mol. The highest BCUT2D eigenvalue weighted by atomic mass is 19.1. The van der Waals surface area contributed by atoms with Crippen molar-refractivity contribution in [3.63, 3.8) is 0 Å². The van der Waals surface area contributed by atoms with Gasteiger partial charge in [0.25, 0.3) is 0 Å². The van der Waals surface area contributed by atoms with Crippen molar-refractivity contribution in [2.24, 2.45) is 5.92 Å². The van der Waals surface area contributed by atoms with E-state index in [1.807, 2.05) is 13.8 Å². The SMILES string of the molecule is Cc1nc(-c2ccc(F)cc2)nc(NCC2CCCNC2)c1C. The van der Waals surface area contributed by atoms with Gasteiger partial charge in [-0.25, -0.2) is 14.4 Å². The first kappa shape index (κ1) is 15.9. The van der Waals surface area contributed by atoms with Crippen molar-refractivity contribution in [3.8, 4) is 11.4 Å². The van der Waals surface area contributed by atoms with E-state index in [-0.39, 0.29) is 5.82 Å². The molecular formula is C18H23FN4. The van der Waals surface area contributed by atoms with Crippen LogP contribution in [0.5, 0.6) is 0 Å². The van der Waals surface area contributed by atoms with E-state index < -0.39 is 0 Å². The number of rotatable bonds is 4. The van der Waals surface area contributed by atoms with E-state index in [9.17, 15) is 4.39 Å². The largest absolute Gasteiger partial charge is 0.369 e. The first-order valence-corrected chi connectivity index (χ1v) is 8.19. The molecule has 2 heterocycles. The van der Waals surface area contributed by atoms with Crippen LogP contribution >= 0.6 is 0 Å². The Hall–Kier alpha value is -2.01. The smallest absolute Gasteiger partial charge is 0.161 e. The maximum atomic E-state index is 13.1. The topological polar surface area (TPSA) is 49.8 Å². The van der Waals surface area contributed by atoms with Gasteiger partial charge in [0.2, 0.25) is 0 Å². The number of nitrogens with one attached hydrogen (secondary N) is 2. The van der Waals surface area contributed by atoms with Crippen LogP contribution in [0.2, 0.25) is 0 Å². The second kappa shape index (κ2) is 7.04. The third kappa shape index (κ3) is 3.85. The van der Waals surface area contributed by atoms with Gasteiger partial charge >= 0.3 is 0 Å². The number of hydrogen-bond donors (Lipinski definition) is 2. The van der Waals surface area contributed by atoms with Gasteiger partial charge < -0.3 is 10.6 Å². The molecule has 1 aliphatic heterocycles. The van der Waals surface area contributed by atoms with E-state index in [0.29, 0.717) is 11.7 Å². The molecule has 3 rings (SSSR count). The fourth-order valence-corrected chi connectivity index (χ4v) is 2.87. The lowest BCUT2D eigenvalue weighted by atomic mass is 10.00. The molecule has 2 aromatic rings. The van der Waals surface area contributed by atoms with Gasteiger partial charge in [0.15, 0.2) is 5.82 Å². The molecule has 5 heteroatoms. The number of nitrogens with zero attached hydrogens (tertiary/aromatic N) is 2. The second-order valence-corrected chi connectivity index (χ2v) is 6.21. The van der Waals surface area contributed by atoms with E-state index in [0.717, 1.165) is 42.3 Å². The molecule has 4 nitrogen and oxygen atoms in total. The number of hydrogen-bond acceptors (Lipinski definition) is 4. The van der Waals surface area contributed by atoms with Crippen LogP contribution in [0.1, 0.15) is 24.1 Å². The summed E-state index contributed by atoms with van der Waals surface area (Å²) in [6.45, 7) is 7.10. The van der Waals surface area contributed by atoms with E-state index in [4.69, 9.17) is 0 Å². The lowest BCUT2D eigenvalue weighted by Crippen LogP contribution is -2.33. The third-order valence-corrected chi connectivity index (χ3v) is 4.45. The molecule has 1 aromatic carbocycles. The Bertz CT molecular complexity index is 663. The number of benzene rings is 1. The van der Waals surface area contributed by atoms with Crippen LogP contribution in [-0.2, 0) is 0 Å². The molecule has 1 fully saturated rings. The molecule has 0 bridgehead atoms. The predicted octanol–water partition coefficient (Wildman–Crippen LogP) is 3.31. The van der Waals surface area contributed by atoms with Gasteiger partial charge in [0.05, 0.1) is 0 Å². The lowest BCUT2D eigenvalue weighted by molar-refractivity contribution is 0.392. The molecule has 0 radical (unpaired) electrons. The Kier molecular flexibility index (Phi) is 4.86. The quantitative estimate of drug-likeness (QED) is 0.909. The molecule has 122 valence electrons. The summed E-state index contributed by atoms with van der Waals surface area (Å²) >= 11 is 0. The monoisotopic (exact) mass is 314 g/mol. The highest BCUT2D eigenvalue weighted by Gasteiger charge is 2.15. The molecule has 0 amide bonds. The molecule has 0 aliphatic carbocycles. The summed E-state index contributed by atoms with van der Waals surface area (Å²) in [6.07, 6.45) is 2.48. The zero-order chi connectivity index (χ0) is 16.2. The molecule has 0 spiro atoms. The zero-order valence-corrected chi connectivity index (χ0v) is 13.7. The maximum Gasteiger partial charge on any atom is 0.161 e. The van der Waals surface area contributed by atoms with Gasteiger partial charge in [-0.3, -0.25) is 0 Å². The van der Waals surface area contributed by atoms with Crippen LogP contribution in [0.4, 0.5) is 10.2 Å². The minimum atomic E-state index is -0.249. The second-order valence-electron chi connectivity index (χ2n) is 6.21. The van der Waals surface area contributed by atoms with Crippen molar-refractivity contribution in [3.05, 3.63) is 41.3 Å². The van der Waals surface area contributed by atoms with Crippen molar-refractivity contribution in [1.29, 1.82) is 0 Å². The van der Waals surface area contributed by atoms with E-state index in [2.05, 4.69) is 20.6 Å². The van der Waals surface area contributed by atoms with Crippen LogP contribution in [-0.4, -0.2) is 29.6 Å². The Labute approximate surface area is 136 Å². The van der Waals surface area contributed by atoms with Crippen molar-refractivity contribution >= 4 is 5.82 Å². The number of anilines is 1. The summed E-state index contributed by atoms with van der Waals surface area (Å²) < 4.78 is 13.1. The van der Waals surface area contributed by atoms with Crippen LogP contribution in [0, 0.1) is 25.6 Å². The van der Waals surface area contributed by atoms with Crippen LogP contribution in [0.3, 0.4) is 0 Å². The molecule has 1 atom stereocenters. The zero-order valence-electron chi connectivity index (χ0n) is 13.7. The highest BCUT2D eigenvalue weighted by Crippen LogP contribution is 2.22. The average Bonchev–Trinajstić information content (AvgIpc) is 2.58. The fourth-order valence-electron chi connectivity index (χ4n) is 2.87. The summed E-state index contributed by atoms with van der Waals surface area (Å²) in [6, 6.07) is 6.31. The van der Waals surface area contributed by atoms with Crippen LogP contribution < -0.4 is 10.6 Å². The summed E-state index contributed by atoms with van der Waals surface area (Å²) in [4.78, 5) is 9.19. The number of aromatic nitrogens is 2. The summed E-state index contributed by atoms with van der Waals surface area (Å²) in [7, 11) is 0. The third-order valence-electron chi connectivity index (χ3n) is 4.45. The summed E-state index contributed by atoms with van der Waals surface area (Å²) in [5.41, 5.74) is 2.85. The maximum absolute atomic E-state index is 13.1. The first-order valence-electron chi connectivity index (χ1n) is 8.19. The Morgan fingerprint density at radius 3 is 2.70 bits per heavy atom. The molecule has 1 aromatic heterocycles. The minimum Gasteiger partial charge on any atom is -0.369 e. The highest BCUT2D eigenvalue weighted by molar-refractivity contribution is 5.59.